The minimum absolute atomic E-state index is 0.0361. The number of phenols is 1. The minimum Gasteiger partial charge on any atom is -0.508 e. The maximum atomic E-state index is 12.4. The molecule has 0 saturated carbocycles. The van der Waals surface area contributed by atoms with Crippen LogP contribution in [0.4, 0.5) is 22.7 Å². The molecule has 458 valence electrons. The standard InChI is InChI=1S/C23H24N2O2.C15H15NO3.C13H13NO.C13H12O2.C12H10O2/c1-15-5-9-21(11-16(15)2)24-23(27)14-25(4)22-10-8-19-12-18(17(3)26)6-7-20(19)13-22;1-10(17)11-3-4-13-8-14(6-5-12(13)7-11)16(2)9-15(18)19;1-9(15)10-3-4-12-8-13(14-2)6-5-11(12)7-10;1-9(14)10-3-4-12-8-13(15-2)6-5-11(12)7-10;1-8(13)9-2-3-11-7-12(14)5-4-10(11)6-9/h5-13H,14H2,1-4H3,(H,24,27);3-8H,9H2,1-2H3,(H,18,19);3-8,14H,1-2H3;3-8H,1-2H3;2-7,14H,1H3. The molecule has 0 aliphatic carbocycles. The number of nitrogens with one attached hydrogen (secondary N) is 2. The highest BCUT2D eigenvalue weighted by Crippen LogP contribution is 2.27. The molecule has 0 spiro atoms. The highest BCUT2D eigenvalue weighted by atomic mass is 16.5. The van der Waals surface area contributed by atoms with Gasteiger partial charge in [-0.25, -0.2) is 0 Å². The second kappa shape index (κ2) is 30.6. The zero-order valence-electron chi connectivity index (χ0n) is 52.5. The number of ketones is 5. The number of aryl methyl sites for hydroxylation is 2. The molecule has 1 amide bonds. The number of carbonyl (C=O) groups is 7. The number of aliphatic carboxylic acids is 1. The Labute approximate surface area is 524 Å². The third kappa shape index (κ3) is 18.3. The van der Waals surface area contributed by atoms with Crippen LogP contribution in [0.15, 0.2) is 200 Å². The molecule has 4 N–H and O–H groups in total. The van der Waals surface area contributed by atoms with Crippen LogP contribution in [0.1, 0.15) is 97.5 Å². The van der Waals surface area contributed by atoms with Crippen LogP contribution < -0.4 is 25.2 Å². The Morgan fingerprint density at radius 1 is 0.389 bits per heavy atom. The number of likely N-dealkylation sites (N-methyl/N-ethyl adjacent to an activating group) is 2. The molecule has 0 atom stereocenters. The average Bonchev–Trinajstić information content (AvgIpc) is 2.93. The number of carboxylic acid groups (broad SMARTS) is 1. The highest BCUT2D eigenvalue weighted by molar-refractivity contribution is 6.03. The van der Waals surface area contributed by atoms with Gasteiger partial charge in [-0.3, -0.25) is 33.6 Å². The monoisotopic (exact) mass is 1200 g/mol. The normalized spacial score (nSPS) is 10.4. The summed E-state index contributed by atoms with van der Waals surface area (Å²) < 4.78 is 5.13. The number of rotatable bonds is 14. The van der Waals surface area contributed by atoms with Gasteiger partial charge in [-0.1, -0.05) is 97.1 Å². The number of carboxylic acids is 1. The van der Waals surface area contributed by atoms with E-state index in [-0.39, 0.29) is 53.7 Å². The summed E-state index contributed by atoms with van der Waals surface area (Å²) in [5.74, 6) is 0.491. The van der Waals surface area contributed by atoms with Gasteiger partial charge < -0.3 is 35.4 Å². The number of anilines is 4. The van der Waals surface area contributed by atoms with E-state index in [0.29, 0.717) is 16.7 Å². The number of benzene rings is 11. The third-order valence-corrected chi connectivity index (χ3v) is 15.1. The lowest BCUT2D eigenvalue weighted by Gasteiger charge is -2.19. The van der Waals surface area contributed by atoms with Crippen molar-refractivity contribution in [1.82, 2.24) is 0 Å². The number of phenolic OH excluding ortho intramolecular Hbond substituents is 1. The summed E-state index contributed by atoms with van der Waals surface area (Å²) in [6.45, 7) is 12.1. The molecule has 0 aromatic heterocycles. The smallest absolute Gasteiger partial charge is 0.323 e. The van der Waals surface area contributed by atoms with Crippen molar-refractivity contribution in [2.45, 2.75) is 48.5 Å². The zero-order valence-corrected chi connectivity index (χ0v) is 52.5. The fourth-order valence-electron chi connectivity index (χ4n) is 9.64. The fourth-order valence-corrected chi connectivity index (χ4v) is 9.64. The lowest BCUT2D eigenvalue weighted by atomic mass is 10.0. The van der Waals surface area contributed by atoms with Gasteiger partial charge in [0.1, 0.15) is 18.0 Å². The lowest BCUT2D eigenvalue weighted by molar-refractivity contribution is -0.135. The Morgan fingerprint density at radius 3 is 1.13 bits per heavy atom. The Morgan fingerprint density at radius 2 is 0.733 bits per heavy atom. The Kier molecular flexibility index (Phi) is 22.6. The number of ether oxygens (including phenoxy) is 1. The topological polar surface area (TPSA) is 200 Å². The van der Waals surface area contributed by atoms with E-state index in [1.807, 2.05) is 197 Å². The maximum Gasteiger partial charge on any atom is 0.323 e. The van der Waals surface area contributed by atoms with Gasteiger partial charge in [-0.2, -0.15) is 0 Å². The summed E-state index contributed by atoms with van der Waals surface area (Å²) >= 11 is 0. The number of hydrogen-bond donors (Lipinski definition) is 4. The molecule has 11 rings (SSSR count). The SMILES string of the molecule is CC(=O)c1ccc2cc(N(C)CC(=O)Nc3ccc(C)c(C)c3)ccc2c1.CC(=O)c1ccc2cc(N(C)CC(=O)O)ccc2c1.CC(=O)c1ccc2cc(O)ccc2c1.CNc1ccc2cc(C(C)=O)ccc2c1.COc1ccc2cc(C(C)=O)ccc2c1. The van der Waals surface area contributed by atoms with Crippen molar-refractivity contribution in [2.75, 3.05) is 61.8 Å². The van der Waals surface area contributed by atoms with Crippen molar-refractivity contribution < 1.29 is 48.5 Å². The molecule has 0 unspecified atom stereocenters. The summed E-state index contributed by atoms with van der Waals surface area (Å²) in [6, 6.07) is 62.6. The van der Waals surface area contributed by atoms with Crippen LogP contribution >= 0.6 is 0 Å². The predicted octanol–water partition coefficient (Wildman–Crippen LogP) is 16.2. The van der Waals surface area contributed by atoms with Gasteiger partial charge in [0.05, 0.1) is 13.7 Å². The summed E-state index contributed by atoms with van der Waals surface area (Å²) in [4.78, 5) is 83.0. The maximum absolute atomic E-state index is 12.4. The van der Waals surface area contributed by atoms with E-state index in [9.17, 15) is 38.7 Å². The van der Waals surface area contributed by atoms with Crippen molar-refractivity contribution in [3.63, 3.8) is 0 Å². The average molecular weight is 1200 g/mol. The van der Waals surface area contributed by atoms with E-state index in [4.69, 9.17) is 9.84 Å². The molecule has 0 fully saturated rings. The van der Waals surface area contributed by atoms with E-state index < -0.39 is 5.97 Å². The van der Waals surface area contributed by atoms with Gasteiger partial charge in [0.15, 0.2) is 28.9 Å². The number of carbonyl (C=O) groups excluding carboxylic acids is 6. The Bertz CT molecular complexity index is 4420. The first-order valence-electron chi connectivity index (χ1n) is 29.0. The molecule has 0 aliphatic rings. The van der Waals surface area contributed by atoms with Gasteiger partial charge in [-0.05, 0) is 217 Å². The van der Waals surface area contributed by atoms with Crippen LogP contribution in [0.3, 0.4) is 0 Å². The summed E-state index contributed by atoms with van der Waals surface area (Å²) in [5.41, 5.74) is 9.63. The number of nitrogens with zero attached hydrogens (tertiary/aromatic N) is 2. The fraction of sp³-hybridized carbons (Fsp3) is 0.171. The largest absolute Gasteiger partial charge is 0.508 e. The van der Waals surface area contributed by atoms with Crippen molar-refractivity contribution in [3.05, 3.63) is 239 Å². The molecule has 0 aliphatic heterocycles. The first-order valence-corrected chi connectivity index (χ1v) is 29.0. The van der Waals surface area contributed by atoms with E-state index in [0.717, 1.165) is 99.1 Å². The van der Waals surface area contributed by atoms with E-state index >= 15 is 0 Å². The number of methoxy groups -OCH3 is 1. The van der Waals surface area contributed by atoms with Crippen molar-refractivity contribution in [3.8, 4) is 11.5 Å². The molecule has 0 heterocycles. The highest BCUT2D eigenvalue weighted by Gasteiger charge is 2.12. The molecule has 11 aromatic rings. The van der Waals surface area contributed by atoms with Crippen LogP contribution in [0.2, 0.25) is 0 Å². The van der Waals surface area contributed by atoms with Crippen LogP contribution in [0.25, 0.3) is 53.9 Å². The van der Waals surface area contributed by atoms with E-state index in [1.54, 1.807) is 77.1 Å². The van der Waals surface area contributed by atoms with Gasteiger partial charge in [0.2, 0.25) is 5.91 Å². The van der Waals surface area contributed by atoms with Gasteiger partial charge in [0.25, 0.3) is 0 Å². The summed E-state index contributed by atoms with van der Waals surface area (Å²) in [7, 11) is 7.17. The first-order chi connectivity index (χ1) is 42.9. The third-order valence-electron chi connectivity index (χ3n) is 15.1. The van der Waals surface area contributed by atoms with Crippen molar-refractivity contribution in [1.29, 1.82) is 0 Å². The lowest BCUT2D eigenvalue weighted by Crippen LogP contribution is -2.30. The van der Waals surface area contributed by atoms with Crippen LogP contribution in [-0.2, 0) is 9.59 Å². The second-order valence-electron chi connectivity index (χ2n) is 21.9. The van der Waals surface area contributed by atoms with Crippen molar-refractivity contribution >= 4 is 117 Å². The molecular formula is C76H74N4O10. The number of amides is 1. The van der Waals surface area contributed by atoms with Crippen LogP contribution in [-0.4, -0.2) is 92.3 Å². The van der Waals surface area contributed by atoms with Crippen LogP contribution in [0, 0.1) is 13.8 Å². The number of Topliss-reactive ketones (excluding diaryl/α,β-unsaturated/α-hetero) is 5. The molecule has 0 radical (unpaired) electrons. The number of aromatic hydroxyl groups is 1. The van der Waals surface area contributed by atoms with Crippen LogP contribution in [0.5, 0.6) is 11.5 Å². The summed E-state index contributed by atoms with van der Waals surface area (Å²) in [6.07, 6.45) is 0. The molecule has 0 saturated heterocycles. The Hall–Kier alpha value is -11.0. The van der Waals surface area contributed by atoms with Crippen molar-refractivity contribution in [2.24, 2.45) is 0 Å². The van der Waals surface area contributed by atoms with Gasteiger partial charge in [0, 0.05) is 71.7 Å². The summed E-state index contributed by atoms with van der Waals surface area (Å²) in [5, 5.41) is 34.4. The van der Waals surface area contributed by atoms with Gasteiger partial charge >= 0.3 is 5.97 Å². The molecule has 11 aromatic carbocycles. The molecule has 14 heteroatoms. The molecular weight excluding hydrogens is 1130 g/mol. The number of fused-ring (bicyclic) bond motifs is 5. The number of hydrogen-bond acceptors (Lipinski definition) is 12. The van der Waals surface area contributed by atoms with Gasteiger partial charge in [-0.15, -0.1) is 0 Å². The molecule has 14 nitrogen and oxygen atoms in total. The first kappa shape index (κ1) is 66.5. The predicted molar refractivity (Wildman–Crippen MR) is 366 cm³/mol. The van der Waals surface area contributed by atoms with E-state index in [1.165, 1.54) is 12.5 Å². The van der Waals surface area contributed by atoms with E-state index in [2.05, 4.69) is 16.7 Å². The second-order valence-corrected chi connectivity index (χ2v) is 21.9. The molecule has 90 heavy (non-hydrogen) atoms. The quantitative estimate of drug-likeness (QED) is 0.0751. The minimum atomic E-state index is -0.866. The Balaban J connectivity index is 0.000000164. The zero-order chi connectivity index (χ0) is 65.3. The molecule has 0 bridgehead atoms.